The lowest BCUT2D eigenvalue weighted by Crippen LogP contribution is -2.55. The summed E-state index contributed by atoms with van der Waals surface area (Å²) in [7, 11) is 0. The summed E-state index contributed by atoms with van der Waals surface area (Å²) in [4.78, 5) is 15.8. The minimum absolute atomic E-state index is 0.103. The molecule has 5 aliphatic rings. The average Bonchev–Trinajstić information content (AvgIpc) is 4.09. The molecule has 5 nitrogen and oxygen atoms in total. The maximum atomic E-state index is 6.56. The lowest BCUT2D eigenvalue weighted by atomic mass is 9.43. The van der Waals surface area contributed by atoms with Gasteiger partial charge in [0.2, 0.25) is 0 Å². The topological polar surface area (TPSA) is 65.0 Å². The molecule has 5 heteroatoms. The van der Waals surface area contributed by atoms with Gasteiger partial charge in [0.1, 0.15) is 22.3 Å². The first-order valence-electron chi connectivity index (χ1n) is 25.1. The van der Waals surface area contributed by atoms with Crippen LogP contribution in [0.3, 0.4) is 0 Å². The largest absolute Gasteiger partial charge is 0.456 e. The van der Waals surface area contributed by atoms with E-state index in [1.54, 1.807) is 11.1 Å². The number of fused-ring (bicyclic) bond motifs is 11. The second-order valence-corrected chi connectivity index (χ2v) is 20.7. The molecule has 4 bridgehead atoms. The van der Waals surface area contributed by atoms with Crippen LogP contribution >= 0.6 is 0 Å². The number of hydrogen-bond donors (Lipinski definition) is 0. The molecule has 0 amide bonds. The highest BCUT2D eigenvalue weighted by atomic mass is 16.3. The van der Waals surface area contributed by atoms with Crippen molar-refractivity contribution >= 4 is 54.6 Å². The third-order valence-corrected chi connectivity index (χ3v) is 17.1. The van der Waals surface area contributed by atoms with Gasteiger partial charge >= 0.3 is 0 Å². The van der Waals surface area contributed by atoms with E-state index in [0.717, 1.165) is 83.5 Å². The van der Waals surface area contributed by atoms with Crippen molar-refractivity contribution in [3.63, 3.8) is 0 Å². The van der Waals surface area contributed by atoms with Crippen LogP contribution in [0.4, 0.5) is 0 Å². The summed E-state index contributed by atoms with van der Waals surface area (Å²) < 4.78 is 12.9. The maximum absolute atomic E-state index is 6.56. The molecule has 1 spiro atoms. The summed E-state index contributed by atoms with van der Waals surface area (Å²) in [5, 5.41) is 6.91. The molecule has 5 aliphatic carbocycles. The Morgan fingerprint density at radius 3 is 1.73 bits per heavy atom. The molecule has 3 aromatic heterocycles. The van der Waals surface area contributed by atoms with E-state index in [-0.39, 0.29) is 5.41 Å². The SMILES string of the molecule is c1cc(-c2cccc(-c3nc(-c4cccc5c4oc4ccccc45)nc(-c4cccc5oc6ccccc6c45)n3)c2)cc(-c2ccc3c(c2)-c2ccc4ccccc4c2C32C3CC4CC(C3)CC2C4)c1. The summed E-state index contributed by atoms with van der Waals surface area (Å²) in [6.45, 7) is 0. The molecule has 17 rings (SSSR count). The van der Waals surface area contributed by atoms with Crippen molar-refractivity contribution in [2.45, 2.75) is 37.5 Å². The molecule has 0 N–H and O–H groups in total. The Balaban J connectivity index is 0.828. The molecule has 4 fully saturated rings. The number of rotatable bonds is 5. The quantitative estimate of drug-likeness (QED) is 0.172. The fraction of sp³-hybridized carbons (Fsp3) is 0.154. The van der Waals surface area contributed by atoms with Gasteiger partial charge in [-0.05, 0) is 154 Å². The zero-order valence-electron chi connectivity index (χ0n) is 38.4. The molecular weight excluding hydrogens is 855 g/mol. The molecule has 0 saturated heterocycles. The van der Waals surface area contributed by atoms with Crippen molar-refractivity contribution < 1.29 is 8.83 Å². The normalized spacial score (nSPS) is 20.9. The molecule has 3 heterocycles. The minimum atomic E-state index is 0.103. The molecule has 12 aromatic rings. The third kappa shape index (κ3) is 5.46. The van der Waals surface area contributed by atoms with Gasteiger partial charge < -0.3 is 8.83 Å². The number of hydrogen-bond acceptors (Lipinski definition) is 5. The Labute approximate surface area is 404 Å². The standard InChI is InChI=1S/C65H45N3O2/c1-2-16-47-39(11-1)25-27-49-54-36-43(26-28-55(54)65(60(47)49)45-30-37-29-38(32-45)33-46(65)31-37)41-13-7-12-40(34-41)42-14-8-15-44(35-42)62-66-63(52-20-10-24-58-59(52)51-18-4-6-23-57(51)69-58)68-64(67-62)53-21-9-19-50-48-17-3-5-22-56(48)70-61(50)53/h1-28,34-38,45-46H,29-33H2. The molecule has 0 aliphatic heterocycles. The molecule has 0 radical (unpaired) electrons. The summed E-state index contributed by atoms with van der Waals surface area (Å²) >= 11 is 0. The van der Waals surface area contributed by atoms with Crippen LogP contribution in [-0.2, 0) is 5.41 Å². The molecule has 332 valence electrons. The highest BCUT2D eigenvalue weighted by molar-refractivity contribution is 6.12. The van der Waals surface area contributed by atoms with Crippen LogP contribution in [0, 0.1) is 23.7 Å². The number of furan rings is 2. The van der Waals surface area contributed by atoms with E-state index in [0.29, 0.717) is 29.3 Å². The van der Waals surface area contributed by atoms with Crippen LogP contribution in [0.1, 0.15) is 43.2 Å². The summed E-state index contributed by atoms with van der Waals surface area (Å²) in [6.07, 6.45) is 6.95. The van der Waals surface area contributed by atoms with Gasteiger partial charge in [-0.25, -0.2) is 15.0 Å². The molecule has 70 heavy (non-hydrogen) atoms. The number of para-hydroxylation sites is 3. The zero-order chi connectivity index (χ0) is 45.7. The van der Waals surface area contributed by atoms with Crippen LogP contribution in [0.25, 0.3) is 122 Å². The fourth-order valence-corrected chi connectivity index (χ4v) is 14.5. The van der Waals surface area contributed by atoms with Gasteiger partial charge in [-0.1, -0.05) is 146 Å². The second-order valence-electron chi connectivity index (χ2n) is 20.7. The number of benzene rings is 9. The lowest BCUT2D eigenvalue weighted by Gasteiger charge is -2.61. The zero-order valence-corrected chi connectivity index (χ0v) is 38.4. The Bertz CT molecular complexity index is 4150. The third-order valence-electron chi connectivity index (χ3n) is 17.1. The van der Waals surface area contributed by atoms with Crippen LogP contribution in [0.2, 0.25) is 0 Å². The van der Waals surface area contributed by atoms with Gasteiger partial charge in [0, 0.05) is 38.1 Å². The predicted octanol–water partition coefficient (Wildman–Crippen LogP) is 16.9. The number of aromatic nitrogens is 3. The van der Waals surface area contributed by atoms with E-state index in [1.165, 1.54) is 65.1 Å². The Hall–Kier alpha value is -8.15. The first-order chi connectivity index (χ1) is 34.6. The smallest absolute Gasteiger partial charge is 0.167 e. The van der Waals surface area contributed by atoms with Gasteiger partial charge in [0.05, 0.1) is 5.56 Å². The van der Waals surface area contributed by atoms with Crippen molar-refractivity contribution in [2.24, 2.45) is 23.7 Å². The second kappa shape index (κ2) is 14.4. The molecule has 9 aromatic carbocycles. The Morgan fingerprint density at radius 2 is 0.943 bits per heavy atom. The minimum Gasteiger partial charge on any atom is -0.456 e. The highest BCUT2D eigenvalue weighted by Crippen LogP contribution is 2.70. The highest BCUT2D eigenvalue weighted by Gasteiger charge is 2.62. The van der Waals surface area contributed by atoms with Crippen molar-refractivity contribution in [3.05, 3.63) is 199 Å². The molecular formula is C65H45N3O2. The molecule has 4 saturated carbocycles. The van der Waals surface area contributed by atoms with E-state index in [1.807, 2.05) is 54.6 Å². The van der Waals surface area contributed by atoms with Crippen molar-refractivity contribution in [3.8, 4) is 67.5 Å². The lowest BCUT2D eigenvalue weighted by molar-refractivity contribution is -0.0393. The van der Waals surface area contributed by atoms with E-state index >= 15 is 0 Å². The maximum Gasteiger partial charge on any atom is 0.167 e. The summed E-state index contributed by atoms with van der Waals surface area (Å²) in [5.41, 5.74) is 16.7. The molecule has 0 unspecified atom stereocenters. The Morgan fingerprint density at radius 1 is 0.371 bits per heavy atom. The van der Waals surface area contributed by atoms with E-state index in [4.69, 9.17) is 23.8 Å². The molecule has 0 atom stereocenters. The van der Waals surface area contributed by atoms with E-state index in [2.05, 4.69) is 133 Å². The van der Waals surface area contributed by atoms with Crippen LogP contribution in [-0.4, -0.2) is 15.0 Å². The fourth-order valence-electron chi connectivity index (χ4n) is 14.5. The van der Waals surface area contributed by atoms with Gasteiger partial charge in [-0.15, -0.1) is 0 Å². The first kappa shape index (κ1) is 38.8. The summed E-state index contributed by atoms with van der Waals surface area (Å²) in [6, 6.07) is 67.8. The van der Waals surface area contributed by atoms with Gasteiger partial charge in [0.25, 0.3) is 0 Å². The van der Waals surface area contributed by atoms with Crippen LogP contribution in [0.15, 0.2) is 197 Å². The number of nitrogens with zero attached hydrogens (tertiary/aromatic N) is 3. The average molecular weight is 900 g/mol. The van der Waals surface area contributed by atoms with Crippen molar-refractivity contribution in [1.82, 2.24) is 15.0 Å². The van der Waals surface area contributed by atoms with Gasteiger partial charge in [0.15, 0.2) is 17.5 Å². The van der Waals surface area contributed by atoms with Gasteiger partial charge in [-0.2, -0.15) is 0 Å². The predicted molar refractivity (Wildman–Crippen MR) is 282 cm³/mol. The van der Waals surface area contributed by atoms with Gasteiger partial charge in [-0.3, -0.25) is 0 Å². The van der Waals surface area contributed by atoms with Crippen molar-refractivity contribution in [2.75, 3.05) is 0 Å². The monoisotopic (exact) mass is 899 g/mol. The van der Waals surface area contributed by atoms with Crippen LogP contribution in [0.5, 0.6) is 0 Å². The van der Waals surface area contributed by atoms with E-state index < -0.39 is 0 Å². The first-order valence-corrected chi connectivity index (χ1v) is 25.1. The Kier molecular flexibility index (Phi) is 8.00. The summed E-state index contributed by atoms with van der Waals surface area (Å²) in [5.74, 6) is 4.93. The van der Waals surface area contributed by atoms with Crippen molar-refractivity contribution in [1.29, 1.82) is 0 Å². The van der Waals surface area contributed by atoms with E-state index in [9.17, 15) is 0 Å². The van der Waals surface area contributed by atoms with Crippen LogP contribution < -0.4 is 0 Å².